The number of ether oxygens (including phenoxy) is 2. The predicted octanol–water partition coefficient (Wildman–Crippen LogP) is 2.43. The molecule has 0 aliphatic heterocycles. The summed E-state index contributed by atoms with van der Waals surface area (Å²) in [4.78, 5) is 37.2. The van der Waals surface area contributed by atoms with Crippen LogP contribution in [0.1, 0.15) is 58.4 Å². The fourth-order valence-electron chi connectivity index (χ4n) is 3.20. The quantitative estimate of drug-likeness (QED) is 0.584. The second-order valence-corrected chi connectivity index (χ2v) is 8.52. The van der Waals surface area contributed by atoms with Crippen LogP contribution >= 0.6 is 0 Å². The summed E-state index contributed by atoms with van der Waals surface area (Å²) in [6, 6.07) is 7.55. The molecule has 0 spiro atoms. The lowest BCUT2D eigenvalue weighted by atomic mass is 9.92. The molecule has 1 aliphatic rings. The first-order valence-corrected chi connectivity index (χ1v) is 10.3. The Morgan fingerprint density at radius 2 is 1.80 bits per heavy atom. The van der Waals surface area contributed by atoms with Crippen molar-refractivity contribution >= 4 is 18.0 Å². The topological polar surface area (TPSA) is 114 Å². The van der Waals surface area contributed by atoms with Crippen molar-refractivity contribution in [2.45, 2.75) is 83.3 Å². The molecular weight excluding hydrogens is 388 g/mol. The third kappa shape index (κ3) is 8.41. The van der Waals surface area contributed by atoms with E-state index in [1.165, 1.54) is 0 Å². The van der Waals surface area contributed by atoms with Crippen LogP contribution in [0.4, 0.5) is 4.79 Å². The number of benzene rings is 1. The minimum Gasteiger partial charge on any atom is -0.459 e. The third-order valence-electron chi connectivity index (χ3n) is 4.66. The van der Waals surface area contributed by atoms with Gasteiger partial charge in [-0.15, -0.1) is 0 Å². The number of amides is 2. The lowest BCUT2D eigenvalue weighted by molar-refractivity contribution is -0.149. The summed E-state index contributed by atoms with van der Waals surface area (Å²) >= 11 is 0. The maximum absolute atomic E-state index is 12.6. The molecule has 166 valence electrons. The lowest BCUT2D eigenvalue weighted by Crippen LogP contribution is -2.50. The number of carbonyl (C=O) groups is 3. The molecule has 1 saturated carbocycles. The van der Waals surface area contributed by atoms with Crippen molar-refractivity contribution < 1.29 is 29.0 Å². The maximum atomic E-state index is 12.6. The average molecular weight is 421 g/mol. The fourth-order valence-corrected chi connectivity index (χ4v) is 3.20. The van der Waals surface area contributed by atoms with E-state index < -0.39 is 35.7 Å². The van der Waals surface area contributed by atoms with Gasteiger partial charge in [0, 0.05) is 0 Å². The number of aliphatic hydroxyl groups is 1. The van der Waals surface area contributed by atoms with E-state index in [-0.39, 0.29) is 19.1 Å². The molecule has 0 bridgehead atoms. The summed E-state index contributed by atoms with van der Waals surface area (Å²) in [6.45, 7) is 5.13. The number of hydrogen-bond acceptors (Lipinski definition) is 6. The minimum absolute atomic E-state index is 0.0229. The van der Waals surface area contributed by atoms with Crippen LogP contribution in [0, 0.1) is 0 Å². The molecule has 0 unspecified atom stereocenters. The molecule has 2 amide bonds. The number of carbonyl (C=O) groups excluding carboxylic acids is 3. The van der Waals surface area contributed by atoms with Gasteiger partial charge in [-0.05, 0) is 39.2 Å². The molecule has 1 aromatic rings. The summed E-state index contributed by atoms with van der Waals surface area (Å²) in [6.07, 6.45) is 1.41. The molecule has 8 heteroatoms. The van der Waals surface area contributed by atoms with Gasteiger partial charge in [-0.2, -0.15) is 0 Å². The summed E-state index contributed by atoms with van der Waals surface area (Å²) in [5.41, 5.74) is 0.0356. The van der Waals surface area contributed by atoms with Gasteiger partial charge in [0.1, 0.15) is 18.2 Å². The van der Waals surface area contributed by atoms with Gasteiger partial charge in [-0.25, -0.2) is 9.59 Å². The Morgan fingerprint density at radius 3 is 2.43 bits per heavy atom. The van der Waals surface area contributed by atoms with Crippen molar-refractivity contribution in [3.63, 3.8) is 0 Å². The standard InChI is InChI=1S/C22H32N2O6/c1-22(2,3)30-21(28)24-17(20(27)29-14-15-9-5-4-6-10-15)13-19(26)23-16-11-7-8-12-18(16)25/h4-6,9-10,16-18,25H,7-8,11-14H2,1-3H3,(H,23,26)(H,24,28)/t16-,17-,18-/m1/s1. The molecule has 30 heavy (non-hydrogen) atoms. The second kappa shape index (κ2) is 11.0. The molecule has 0 radical (unpaired) electrons. The van der Waals surface area contributed by atoms with Crippen molar-refractivity contribution in [2.75, 3.05) is 0 Å². The van der Waals surface area contributed by atoms with Crippen LogP contribution in [0.2, 0.25) is 0 Å². The van der Waals surface area contributed by atoms with Gasteiger partial charge in [0.25, 0.3) is 0 Å². The van der Waals surface area contributed by atoms with Gasteiger partial charge < -0.3 is 25.2 Å². The van der Waals surface area contributed by atoms with Crippen molar-refractivity contribution in [1.29, 1.82) is 0 Å². The van der Waals surface area contributed by atoms with Gasteiger partial charge in [0.05, 0.1) is 18.6 Å². The molecule has 1 aliphatic carbocycles. The highest BCUT2D eigenvalue weighted by Gasteiger charge is 2.30. The van der Waals surface area contributed by atoms with Crippen LogP contribution in [0.15, 0.2) is 30.3 Å². The zero-order valence-electron chi connectivity index (χ0n) is 17.8. The van der Waals surface area contributed by atoms with Crippen LogP contribution in [0.5, 0.6) is 0 Å². The van der Waals surface area contributed by atoms with E-state index >= 15 is 0 Å². The smallest absolute Gasteiger partial charge is 0.408 e. The maximum Gasteiger partial charge on any atom is 0.408 e. The van der Waals surface area contributed by atoms with Crippen LogP contribution in [0.3, 0.4) is 0 Å². The molecule has 1 aromatic carbocycles. The number of rotatable bonds is 7. The highest BCUT2D eigenvalue weighted by Crippen LogP contribution is 2.18. The fraction of sp³-hybridized carbons (Fsp3) is 0.591. The van der Waals surface area contributed by atoms with Crippen molar-refractivity contribution in [3.05, 3.63) is 35.9 Å². The molecule has 0 heterocycles. The Balaban J connectivity index is 1.98. The minimum atomic E-state index is -1.20. The first-order valence-electron chi connectivity index (χ1n) is 10.3. The van der Waals surface area contributed by atoms with E-state index in [2.05, 4.69) is 10.6 Å². The van der Waals surface area contributed by atoms with Gasteiger partial charge >= 0.3 is 12.1 Å². The summed E-state index contributed by atoms with van der Waals surface area (Å²) in [5, 5.41) is 15.2. The first kappa shape index (κ1) is 23.7. The predicted molar refractivity (Wildman–Crippen MR) is 110 cm³/mol. The van der Waals surface area contributed by atoms with Crippen molar-refractivity contribution in [2.24, 2.45) is 0 Å². The zero-order chi connectivity index (χ0) is 22.1. The second-order valence-electron chi connectivity index (χ2n) is 8.52. The molecule has 1 fully saturated rings. The number of nitrogens with one attached hydrogen (secondary N) is 2. The Hall–Kier alpha value is -2.61. The normalized spacial score (nSPS) is 20.0. The van der Waals surface area contributed by atoms with Crippen molar-refractivity contribution in [3.8, 4) is 0 Å². The van der Waals surface area contributed by atoms with Crippen LogP contribution in [-0.2, 0) is 25.7 Å². The summed E-state index contributed by atoms with van der Waals surface area (Å²) in [7, 11) is 0. The highest BCUT2D eigenvalue weighted by molar-refractivity contribution is 5.88. The molecular formula is C22H32N2O6. The Morgan fingerprint density at radius 1 is 1.13 bits per heavy atom. The lowest BCUT2D eigenvalue weighted by Gasteiger charge is -2.29. The number of aliphatic hydroxyl groups excluding tert-OH is 1. The van der Waals surface area contributed by atoms with E-state index in [9.17, 15) is 19.5 Å². The van der Waals surface area contributed by atoms with E-state index in [1.54, 1.807) is 32.9 Å². The first-order chi connectivity index (χ1) is 14.1. The molecule has 8 nitrogen and oxygen atoms in total. The van der Waals surface area contributed by atoms with Crippen LogP contribution < -0.4 is 10.6 Å². The van der Waals surface area contributed by atoms with Gasteiger partial charge in [0.2, 0.25) is 5.91 Å². The molecule has 2 rings (SSSR count). The van der Waals surface area contributed by atoms with E-state index in [0.717, 1.165) is 18.4 Å². The molecule has 3 N–H and O–H groups in total. The van der Waals surface area contributed by atoms with Gasteiger partial charge in [-0.1, -0.05) is 43.2 Å². The van der Waals surface area contributed by atoms with Crippen LogP contribution in [-0.4, -0.2) is 46.9 Å². The molecule has 3 atom stereocenters. The van der Waals surface area contributed by atoms with E-state index in [0.29, 0.717) is 12.8 Å². The number of hydrogen-bond donors (Lipinski definition) is 3. The van der Waals surface area contributed by atoms with Gasteiger partial charge in [-0.3, -0.25) is 4.79 Å². The van der Waals surface area contributed by atoms with Crippen molar-refractivity contribution in [1.82, 2.24) is 10.6 Å². The SMILES string of the molecule is CC(C)(C)OC(=O)N[C@H](CC(=O)N[C@@H]1CCCC[C@H]1O)C(=O)OCc1ccccc1. The zero-order valence-corrected chi connectivity index (χ0v) is 17.8. The highest BCUT2D eigenvalue weighted by atomic mass is 16.6. The van der Waals surface area contributed by atoms with Gasteiger partial charge in [0.15, 0.2) is 0 Å². The summed E-state index contributed by atoms with van der Waals surface area (Å²) < 4.78 is 10.5. The summed E-state index contributed by atoms with van der Waals surface area (Å²) in [5.74, 6) is -1.18. The monoisotopic (exact) mass is 420 g/mol. The third-order valence-corrected chi connectivity index (χ3v) is 4.66. The number of esters is 1. The molecule has 0 aromatic heterocycles. The number of alkyl carbamates (subject to hydrolysis) is 1. The van der Waals surface area contributed by atoms with E-state index in [1.807, 2.05) is 18.2 Å². The Labute approximate surface area is 177 Å². The largest absolute Gasteiger partial charge is 0.459 e. The van der Waals surface area contributed by atoms with Crippen LogP contribution in [0.25, 0.3) is 0 Å². The average Bonchev–Trinajstić information content (AvgIpc) is 2.66. The Kier molecular flexibility index (Phi) is 8.65. The van der Waals surface area contributed by atoms with E-state index in [4.69, 9.17) is 9.47 Å². The molecule has 0 saturated heterocycles. The Bertz CT molecular complexity index is 716.